The van der Waals surface area contributed by atoms with Gasteiger partial charge in [-0.05, 0) is 58.2 Å². The van der Waals surface area contributed by atoms with Crippen LogP contribution < -0.4 is 10.6 Å². The minimum atomic E-state index is -3.46. The van der Waals surface area contributed by atoms with E-state index in [1.165, 1.54) is 4.31 Å². The fourth-order valence-electron chi connectivity index (χ4n) is 3.49. The average Bonchev–Trinajstić information content (AvgIpc) is 3.06. The van der Waals surface area contributed by atoms with Crippen molar-refractivity contribution in [2.75, 3.05) is 26.7 Å². The third-order valence-corrected chi connectivity index (χ3v) is 7.83. The van der Waals surface area contributed by atoms with Crippen molar-refractivity contribution in [3.8, 4) is 0 Å². The minimum absolute atomic E-state index is 0.0855. The van der Waals surface area contributed by atoms with E-state index in [1.54, 1.807) is 19.2 Å². The normalized spacial score (nSPS) is 21.1. The van der Waals surface area contributed by atoms with E-state index in [2.05, 4.69) is 43.2 Å². The molecule has 30 heavy (non-hydrogen) atoms. The second-order valence-corrected chi connectivity index (χ2v) is 10.7. The van der Waals surface area contributed by atoms with Gasteiger partial charge in [-0.15, -0.1) is 0 Å². The number of guanidine groups is 1. The van der Waals surface area contributed by atoms with Gasteiger partial charge in [-0.2, -0.15) is 4.31 Å². The second kappa shape index (κ2) is 10.6. The molecule has 1 aliphatic rings. The summed E-state index contributed by atoms with van der Waals surface area (Å²) in [6.07, 6.45) is 0. The molecular formula is C22H39N5O2S. The Kier molecular flexibility index (Phi) is 8.70. The highest BCUT2D eigenvalue weighted by Crippen LogP contribution is 2.19. The summed E-state index contributed by atoms with van der Waals surface area (Å²) < 4.78 is 26.6. The number of aliphatic imine (C=N–C) groups is 1. The van der Waals surface area contributed by atoms with Gasteiger partial charge in [-0.3, -0.25) is 4.90 Å². The molecule has 0 saturated carbocycles. The van der Waals surface area contributed by atoms with E-state index in [1.807, 2.05) is 26.0 Å². The molecule has 2 atom stereocenters. The highest BCUT2D eigenvalue weighted by molar-refractivity contribution is 7.89. The Balaban J connectivity index is 2.06. The molecule has 2 rings (SSSR count). The summed E-state index contributed by atoms with van der Waals surface area (Å²) in [5, 5.41) is 6.90. The molecule has 0 spiro atoms. The summed E-state index contributed by atoms with van der Waals surface area (Å²) in [5.41, 5.74) is 0.974. The third-order valence-electron chi connectivity index (χ3n) is 5.78. The van der Waals surface area contributed by atoms with Crippen molar-refractivity contribution < 1.29 is 8.42 Å². The predicted molar refractivity (Wildman–Crippen MR) is 124 cm³/mol. The Labute approximate surface area is 183 Å². The van der Waals surface area contributed by atoms with E-state index < -0.39 is 10.0 Å². The number of likely N-dealkylation sites (tertiary alicyclic amines) is 1. The first-order chi connectivity index (χ1) is 14.1. The van der Waals surface area contributed by atoms with Crippen molar-refractivity contribution in [3.63, 3.8) is 0 Å². The molecule has 1 saturated heterocycles. The molecule has 0 bridgehead atoms. The Morgan fingerprint density at radius 2 is 1.83 bits per heavy atom. The SMILES string of the molecule is CCNC(=NCc1ccc(S(=O)(=O)N(C)C(C)C)cc1)NC1CN(C(C)C)CC1C. The molecule has 0 aromatic heterocycles. The average molecular weight is 438 g/mol. The van der Waals surface area contributed by atoms with Gasteiger partial charge in [-0.1, -0.05) is 19.1 Å². The smallest absolute Gasteiger partial charge is 0.243 e. The maximum absolute atomic E-state index is 12.6. The molecular weight excluding hydrogens is 398 g/mol. The van der Waals surface area contributed by atoms with E-state index in [-0.39, 0.29) is 6.04 Å². The van der Waals surface area contributed by atoms with Crippen LogP contribution in [0.1, 0.15) is 47.1 Å². The third kappa shape index (κ3) is 6.18. The van der Waals surface area contributed by atoms with E-state index >= 15 is 0 Å². The maximum Gasteiger partial charge on any atom is 0.243 e. The molecule has 7 nitrogen and oxygen atoms in total. The number of sulfonamides is 1. The van der Waals surface area contributed by atoms with Crippen LogP contribution in [-0.2, 0) is 16.6 Å². The van der Waals surface area contributed by atoms with Gasteiger partial charge in [0.05, 0.1) is 11.4 Å². The lowest BCUT2D eigenvalue weighted by atomic mass is 10.1. The lowest BCUT2D eigenvalue weighted by Crippen LogP contribution is -2.46. The summed E-state index contributed by atoms with van der Waals surface area (Å²) in [6.45, 7) is 15.9. The first-order valence-corrected chi connectivity index (χ1v) is 12.4. The van der Waals surface area contributed by atoms with Crippen LogP contribution in [-0.4, -0.2) is 68.4 Å². The summed E-state index contributed by atoms with van der Waals surface area (Å²) in [5.74, 6) is 1.36. The molecule has 1 aromatic rings. The summed E-state index contributed by atoms with van der Waals surface area (Å²) >= 11 is 0. The fraction of sp³-hybridized carbons (Fsp3) is 0.682. The number of hydrogen-bond donors (Lipinski definition) is 2. The topological polar surface area (TPSA) is 77.0 Å². The van der Waals surface area contributed by atoms with Gasteiger partial charge < -0.3 is 10.6 Å². The minimum Gasteiger partial charge on any atom is -0.357 e. The van der Waals surface area contributed by atoms with Crippen molar-refractivity contribution in [2.24, 2.45) is 10.9 Å². The lowest BCUT2D eigenvalue weighted by molar-refractivity contribution is 0.265. The summed E-state index contributed by atoms with van der Waals surface area (Å²) in [4.78, 5) is 7.52. The Morgan fingerprint density at radius 3 is 2.33 bits per heavy atom. The van der Waals surface area contributed by atoms with Crippen LogP contribution in [0.2, 0.25) is 0 Å². The number of nitrogens with one attached hydrogen (secondary N) is 2. The van der Waals surface area contributed by atoms with Gasteiger partial charge in [0.2, 0.25) is 10.0 Å². The summed E-state index contributed by atoms with van der Waals surface area (Å²) in [7, 11) is -1.85. The van der Waals surface area contributed by atoms with Crippen molar-refractivity contribution in [3.05, 3.63) is 29.8 Å². The van der Waals surface area contributed by atoms with Crippen molar-refractivity contribution >= 4 is 16.0 Å². The van der Waals surface area contributed by atoms with E-state index in [0.717, 1.165) is 31.2 Å². The fourth-order valence-corrected chi connectivity index (χ4v) is 4.86. The van der Waals surface area contributed by atoms with Gasteiger partial charge in [0, 0.05) is 44.8 Å². The first-order valence-electron chi connectivity index (χ1n) is 10.9. The molecule has 0 aliphatic carbocycles. The molecule has 1 fully saturated rings. The van der Waals surface area contributed by atoms with Crippen LogP contribution in [0.25, 0.3) is 0 Å². The van der Waals surface area contributed by atoms with Crippen LogP contribution in [0.5, 0.6) is 0 Å². The van der Waals surface area contributed by atoms with Crippen LogP contribution in [0.3, 0.4) is 0 Å². The molecule has 1 aliphatic heterocycles. The molecule has 1 heterocycles. The standard InChI is InChI=1S/C22H39N5O2S/c1-8-23-22(25-21-15-27(17(4)5)14-18(21)6)24-13-19-9-11-20(12-10-19)30(28,29)26(7)16(2)3/h9-12,16-18,21H,8,13-15H2,1-7H3,(H2,23,24,25). The first kappa shape index (κ1) is 24.6. The van der Waals surface area contributed by atoms with E-state index in [4.69, 9.17) is 4.99 Å². The van der Waals surface area contributed by atoms with Crippen molar-refractivity contribution in [1.29, 1.82) is 0 Å². The van der Waals surface area contributed by atoms with Gasteiger partial charge in [0.25, 0.3) is 0 Å². The molecule has 2 N–H and O–H groups in total. The Morgan fingerprint density at radius 1 is 1.20 bits per heavy atom. The van der Waals surface area contributed by atoms with Gasteiger partial charge in [0.1, 0.15) is 0 Å². The number of rotatable bonds is 8. The molecule has 1 aromatic carbocycles. The monoisotopic (exact) mass is 437 g/mol. The quantitative estimate of drug-likeness (QED) is 0.483. The number of hydrogen-bond acceptors (Lipinski definition) is 4. The highest BCUT2D eigenvalue weighted by Gasteiger charge is 2.31. The molecule has 8 heteroatoms. The Bertz CT molecular complexity index is 805. The Hall–Kier alpha value is -1.64. The van der Waals surface area contributed by atoms with Crippen LogP contribution >= 0.6 is 0 Å². The molecule has 2 unspecified atom stereocenters. The second-order valence-electron chi connectivity index (χ2n) is 8.73. The van der Waals surface area contributed by atoms with Crippen LogP contribution in [0, 0.1) is 5.92 Å². The van der Waals surface area contributed by atoms with Crippen LogP contribution in [0.15, 0.2) is 34.2 Å². The van der Waals surface area contributed by atoms with E-state index in [9.17, 15) is 8.42 Å². The largest absolute Gasteiger partial charge is 0.357 e. The molecule has 0 amide bonds. The number of benzene rings is 1. The van der Waals surface area contributed by atoms with Gasteiger partial charge in [0.15, 0.2) is 5.96 Å². The van der Waals surface area contributed by atoms with Crippen LogP contribution in [0.4, 0.5) is 0 Å². The van der Waals surface area contributed by atoms with E-state index in [0.29, 0.717) is 29.4 Å². The highest BCUT2D eigenvalue weighted by atomic mass is 32.2. The maximum atomic E-state index is 12.6. The number of nitrogens with zero attached hydrogens (tertiary/aromatic N) is 3. The predicted octanol–water partition coefficient (Wildman–Crippen LogP) is 2.50. The zero-order valence-electron chi connectivity index (χ0n) is 19.5. The lowest BCUT2D eigenvalue weighted by Gasteiger charge is -2.22. The zero-order valence-corrected chi connectivity index (χ0v) is 20.3. The van der Waals surface area contributed by atoms with Crippen molar-refractivity contribution in [2.45, 2.75) is 71.1 Å². The molecule has 0 radical (unpaired) electrons. The van der Waals surface area contributed by atoms with Gasteiger partial charge >= 0.3 is 0 Å². The molecule has 170 valence electrons. The van der Waals surface area contributed by atoms with Gasteiger partial charge in [-0.25, -0.2) is 13.4 Å². The summed E-state index contributed by atoms with van der Waals surface area (Å²) in [6, 6.07) is 7.84. The zero-order chi connectivity index (χ0) is 22.5. The van der Waals surface area contributed by atoms with Crippen molar-refractivity contribution in [1.82, 2.24) is 19.8 Å².